The van der Waals surface area contributed by atoms with Gasteiger partial charge < -0.3 is 20.5 Å². The summed E-state index contributed by atoms with van der Waals surface area (Å²) in [7, 11) is 0. The van der Waals surface area contributed by atoms with Crippen LogP contribution in [-0.2, 0) is 11.3 Å². The van der Waals surface area contributed by atoms with Gasteiger partial charge in [-0.15, -0.1) is 0 Å². The third kappa shape index (κ3) is 6.03. The molecule has 1 aromatic rings. The molecule has 5 nitrogen and oxygen atoms in total. The highest BCUT2D eigenvalue weighted by Gasteiger charge is 2.29. The number of benzene rings is 1. The molecule has 0 unspecified atom stereocenters. The number of unbranched alkanes of at least 4 members (excludes halogenated alkanes) is 2. The third-order valence-corrected chi connectivity index (χ3v) is 3.94. The van der Waals surface area contributed by atoms with Crippen LogP contribution in [0, 0.1) is 0 Å². The predicted molar refractivity (Wildman–Crippen MR) is 85.5 cm³/mol. The number of carbonyl (C=O) groups is 1. The zero-order valence-corrected chi connectivity index (χ0v) is 13.0. The van der Waals surface area contributed by atoms with Gasteiger partial charge in [0.25, 0.3) is 0 Å². The number of alkyl carbamates (subject to hydrolysis) is 1. The van der Waals surface area contributed by atoms with Crippen molar-refractivity contribution in [3.8, 4) is 0 Å². The third-order valence-electron chi connectivity index (χ3n) is 3.94. The van der Waals surface area contributed by atoms with Gasteiger partial charge >= 0.3 is 6.09 Å². The first-order valence-corrected chi connectivity index (χ1v) is 8.09. The second kappa shape index (κ2) is 9.43. The van der Waals surface area contributed by atoms with E-state index in [4.69, 9.17) is 9.84 Å². The molecule has 22 heavy (non-hydrogen) atoms. The fourth-order valence-corrected chi connectivity index (χ4v) is 2.55. The van der Waals surface area contributed by atoms with Crippen molar-refractivity contribution in [2.24, 2.45) is 0 Å². The SMILES string of the molecule is O=C(NC1CC(NCCCCCO)C1)OCc1ccccc1. The smallest absolute Gasteiger partial charge is 0.407 e. The summed E-state index contributed by atoms with van der Waals surface area (Å²) in [5.74, 6) is 0. The van der Waals surface area contributed by atoms with E-state index in [0.29, 0.717) is 12.6 Å². The maximum Gasteiger partial charge on any atom is 0.407 e. The molecule has 1 aromatic carbocycles. The van der Waals surface area contributed by atoms with Gasteiger partial charge in [-0.05, 0) is 44.2 Å². The summed E-state index contributed by atoms with van der Waals surface area (Å²) in [5.41, 5.74) is 0.994. The molecular weight excluding hydrogens is 280 g/mol. The normalized spacial score (nSPS) is 20.2. The van der Waals surface area contributed by atoms with Gasteiger partial charge in [0.2, 0.25) is 0 Å². The number of ether oxygens (including phenoxy) is 1. The fourth-order valence-electron chi connectivity index (χ4n) is 2.55. The standard InChI is InChI=1S/C17H26N2O3/c20-10-6-2-5-9-18-15-11-16(12-15)19-17(21)22-13-14-7-3-1-4-8-14/h1,3-4,7-8,15-16,18,20H,2,5-6,9-13H2,(H,19,21). The van der Waals surface area contributed by atoms with Crippen LogP contribution in [0.5, 0.6) is 0 Å². The van der Waals surface area contributed by atoms with Crippen LogP contribution in [0.2, 0.25) is 0 Å². The lowest BCUT2D eigenvalue weighted by Gasteiger charge is -2.36. The van der Waals surface area contributed by atoms with Crippen LogP contribution in [0.15, 0.2) is 30.3 Å². The molecule has 3 N–H and O–H groups in total. The molecule has 1 amide bonds. The Labute approximate surface area is 132 Å². The number of aliphatic hydroxyl groups is 1. The van der Waals surface area contributed by atoms with Gasteiger partial charge in [-0.3, -0.25) is 0 Å². The van der Waals surface area contributed by atoms with Crippen LogP contribution in [0.4, 0.5) is 4.79 Å². The van der Waals surface area contributed by atoms with Crippen LogP contribution in [0.25, 0.3) is 0 Å². The van der Waals surface area contributed by atoms with E-state index in [1.807, 2.05) is 30.3 Å². The minimum Gasteiger partial charge on any atom is -0.445 e. The Morgan fingerprint density at radius 2 is 1.91 bits per heavy atom. The molecular formula is C17H26N2O3. The summed E-state index contributed by atoms with van der Waals surface area (Å²) in [6.07, 6.45) is 4.61. The Morgan fingerprint density at radius 3 is 2.64 bits per heavy atom. The molecule has 1 aliphatic carbocycles. The van der Waals surface area contributed by atoms with Gasteiger partial charge in [-0.1, -0.05) is 30.3 Å². The van der Waals surface area contributed by atoms with Crippen molar-refractivity contribution in [2.75, 3.05) is 13.2 Å². The monoisotopic (exact) mass is 306 g/mol. The van der Waals surface area contributed by atoms with Gasteiger partial charge in [-0.25, -0.2) is 4.79 Å². The molecule has 1 saturated carbocycles. The molecule has 2 rings (SSSR count). The van der Waals surface area contributed by atoms with Gasteiger partial charge in [0.05, 0.1) is 0 Å². The van der Waals surface area contributed by atoms with Crippen molar-refractivity contribution in [3.63, 3.8) is 0 Å². The summed E-state index contributed by atoms with van der Waals surface area (Å²) in [5, 5.41) is 15.1. The molecule has 0 atom stereocenters. The average molecular weight is 306 g/mol. The van der Waals surface area contributed by atoms with Crippen molar-refractivity contribution in [3.05, 3.63) is 35.9 Å². The van der Waals surface area contributed by atoms with E-state index >= 15 is 0 Å². The lowest BCUT2D eigenvalue weighted by Crippen LogP contribution is -2.52. The number of carbonyl (C=O) groups excluding carboxylic acids is 1. The van der Waals surface area contributed by atoms with Crippen molar-refractivity contribution in [1.82, 2.24) is 10.6 Å². The molecule has 0 aromatic heterocycles. The molecule has 1 aliphatic rings. The number of rotatable bonds is 9. The van der Waals surface area contributed by atoms with E-state index < -0.39 is 0 Å². The number of hydrogen-bond donors (Lipinski definition) is 3. The number of nitrogens with one attached hydrogen (secondary N) is 2. The quantitative estimate of drug-likeness (QED) is 0.612. The second-order valence-corrected chi connectivity index (χ2v) is 5.81. The zero-order chi connectivity index (χ0) is 15.6. The molecule has 0 spiro atoms. The van der Waals surface area contributed by atoms with Crippen molar-refractivity contribution in [2.45, 2.75) is 50.8 Å². The molecule has 0 bridgehead atoms. The lowest BCUT2D eigenvalue weighted by molar-refractivity contribution is 0.125. The largest absolute Gasteiger partial charge is 0.445 e. The Kier molecular flexibility index (Phi) is 7.19. The van der Waals surface area contributed by atoms with E-state index in [1.165, 1.54) is 0 Å². The first-order chi connectivity index (χ1) is 10.8. The highest BCUT2D eigenvalue weighted by Crippen LogP contribution is 2.20. The Balaban J connectivity index is 1.49. The van der Waals surface area contributed by atoms with E-state index in [9.17, 15) is 4.79 Å². The van der Waals surface area contributed by atoms with Crippen LogP contribution < -0.4 is 10.6 Å². The molecule has 0 aliphatic heterocycles. The Hall–Kier alpha value is -1.59. The van der Waals surface area contributed by atoms with E-state index in [1.54, 1.807) is 0 Å². The van der Waals surface area contributed by atoms with E-state index in [-0.39, 0.29) is 18.7 Å². The lowest BCUT2D eigenvalue weighted by atomic mass is 9.87. The van der Waals surface area contributed by atoms with Crippen LogP contribution in [-0.4, -0.2) is 36.4 Å². The van der Waals surface area contributed by atoms with Crippen molar-refractivity contribution < 1.29 is 14.6 Å². The second-order valence-electron chi connectivity index (χ2n) is 5.81. The minimum atomic E-state index is -0.338. The van der Waals surface area contributed by atoms with E-state index in [2.05, 4.69) is 10.6 Å². The highest BCUT2D eigenvalue weighted by atomic mass is 16.5. The summed E-state index contributed by atoms with van der Waals surface area (Å²) in [4.78, 5) is 11.7. The summed E-state index contributed by atoms with van der Waals surface area (Å²) in [6.45, 7) is 1.57. The van der Waals surface area contributed by atoms with Crippen LogP contribution in [0.1, 0.15) is 37.7 Å². The summed E-state index contributed by atoms with van der Waals surface area (Å²) in [6, 6.07) is 10.4. The predicted octanol–water partition coefficient (Wildman–Crippen LogP) is 2.20. The molecule has 5 heteroatoms. The van der Waals surface area contributed by atoms with Crippen LogP contribution in [0.3, 0.4) is 0 Å². The molecule has 122 valence electrons. The van der Waals surface area contributed by atoms with Gasteiger partial charge in [0.1, 0.15) is 6.61 Å². The van der Waals surface area contributed by atoms with Crippen molar-refractivity contribution in [1.29, 1.82) is 0 Å². The number of hydrogen-bond acceptors (Lipinski definition) is 4. The molecule has 0 heterocycles. The van der Waals surface area contributed by atoms with Gasteiger partial charge in [0.15, 0.2) is 0 Å². The molecule has 0 saturated heterocycles. The van der Waals surface area contributed by atoms with Gasteiger partial charge in [-0.2, -0.15) is 0 Å². The van der Waals surface area contributed by atoms with Gasteiger partial charge in [0, 0.05) is 18.7 Å². The van der Waals surface area contributed by atoms with Crippen molar-refractivity contribution >= 4 is 6.09 Å². The molecule has 1 fully saturated rings. The van der Waals surface area contributed by atoms with Crippen LogP contribution >= 0.6 is 0 Å². The number of aliphatic hydroxyl groups excluding tert-OH is 1. The maximum atomic E-state index is 11.7. The van der Waals surface area contributed by atoms with E-state index in [0.717, 1.165) is 44.2 Å². The first-order valence-electron chi connectivity index (χ1n) is 8.09. The Bertz CT molecular complexity index is 433. The Morgan fingerprint density at radius 1 is 1.14 bits per heavy atom. The maximum absolute atomic E-state index is 11.7. The fraction of sp³-hybridized carbons (Fsp3) is 0.588. The molecule has 0 radical (unpaired) electrons. The average Bonchev–Trinajstić information content (AvgIpc) is 2.51. The zero-order valence-electron chi connectivity index (χ0n) is 13.0. The minimum absolute atomic E-state index is 0.221. The first kappa shape index (κ1) is 16.8. The highest BCUT2D eigenvalue weighted by molar-refractivity contribution is 5.67. The topological polar surface area (TPSA) is 70.6 Å². The summed E-state index contributed by atoms with van der Waals surface area (Å²) >= 11 is 0. The summed E-state index contributed by atoms with van der Waals surface area (Å²) < 4.78 is 5.20. The number of amides is 1.